The Hall–Kier alpha value is -3.66. The second kappa shape index (κ2) is 9.07. The number of nitrogens with two attached hydrogens (primary N) is 1. The molecule has 0 aliphatic carbocycles. The number of likely N-dealkylation sites (tertiary alicyclic amines) is 1. The van der Waals surface area contributed by atoms with E-state index >= 15 is 0 Å². The molecule has 1 saturated heterocycles. The van der Waals surface area contributed by atoms with Crippen molar-refractivity contribution < 1.29 is 31.8 Å². The number of amides is 1. The molecular weight excluding hydrogens is 442 g/mol. The summed E-state index contributed by atoms with van der Waals surface area (Å²) in [6.07, 6.45) is -3.21. The molecule has 3 aromatic rings. The van der Waals surface area contributed by atoms with Crippen LogP contribution in [0.2, 0.25) is 0 Å². The fourth-order valence-electron chi connectivity index (χ4n) is 3.47. The number of rotatable bonds is 7. The lowest BCUT2D eigenvalue weighted by Gasteiger charge is -2.39. The van der Waals surface area contributed by atoms with Crippen LogP contribution in [0, 0.1) is 5.82 Å². The lowest BCUT2D eigenvalue weighted by Crippen LogP contribution is -2.53. The average molecular weight is 461 g/mol. The van der Waals surface area contributed by atoms with Gasteiger partial charge in [-0.05, 0) is 42.0 Å². The van der Waals surface area contributed by atoms with Crippen molar-refractivity contribution in [3.8, 4) is 22.8 Å². The van der Waals surface area contributed by atoms with Crippen LogP contribution in [0.4, 0.5) is 17.6 Å². The number of ether oxygens (including phenoxy) is 2. The summed E-state index contributed by atoms with van der Waals surface area (Å²) >= 11 is 0. The molecule has 2 N–H and O–H groups in total. The molecule has 1 aliphatic heterocycles. The Morgan fingerprint density at radius 2 is 1.76 bits per heavy atom. The van der Waals surface area contributed by atoms with E-state index in [4.69, 9.17) is 10.5 Å². The summed E-state index contributed by atoms with van der Waals surface area (Å²) in [5.41, 5.74) is 6.82. The number of halogens is 4. The number of alkyl halides is 3. The third kappa shape index (κ3) is 5.78. The van der Waals surface area contributed by atoms with E-state index in [0.717, 1.165) is 5.56 Å². The summed E-state index contributed by atoms with van der Waals surface area (Å²) in [5, 5.41) is 0. The van der Waals surface area contributed by atoms with Gasteiger partial charge in [0, 0.05) is 25.2 Å². The average Bonchev–Trinajstić information content (AvgIpc) is 2.72. The Balaban J connectivity index is 1.27. The number of hydrogen-bond acceptors (Lipinski definition) is 5. The van der Waals surface area contributed by atoms with E-state index in [1.165, 1.54) is 30.5 Å². The van der Waals surface area contributed by atoms with Crippen molar-refractivity contribution in [2.75, 3.05) is 13.1 Å². The Morgan fingerprint density at radius 3 is 2.33 bits per heavy atom. The molecule has 10 heteroatoms. The summed E-state index contributed by atoms with van der Waals surface area (Å²) in [7, 11) is 0. The van der Waals surface area contributed by atoms with Crippen LogP contribution in [0.1, 0.15) is 15.9 Å². The lowest BCUT2D eigenvalue weighted by atomic mass is 10.1. The molecule has 172 valence electrons. The summed E-state index contributed by atoms with van der Waals surface area (Å²) in [6, 6.07) is 13.3. The number of hydrogen-bond donors (Lipinski definition) is 1. The third-order valence-corrected chi connectivity index (χ3v) is 5.06. The molecule has 2 aromatic carbocycles. The Kier molecular flexibility index (Phi) is 6.19. The van der Waals surface area contributed by atoms with Crippen molar-refractivity contribution >= 4 is 5.91 Å². The quantitative estimate of drug-likeness (QED) is 0.535. The molecule has 0 saturated carbocycles. The molecule has 0 bridgehead atoms. The van der Waals surface area contributed by atoms with Crippen molar-refractivity contribution in [3.05, 3.63) is 77.7 Å². The number of benzene rings is 2. The van der Waals surface area contributed by atoms with Gasteiger partial charge in [-0.25, -0.2) is 4.39 Å². The maximum absolute atomic E-state index is 14.0. The normalized spacial score (nSPS) is 14.5. The van der Waals surface area contributed by atoms with Crippen molar-refractivity contribution in [1.82, 2.24) is 9.88 Å². The Labute approximate surface area is 186 Å². The van der Waals surface area contributed by atoms with Crippen LogP contribution in [-0.4, -0.2) is 41.3 Å². The Bertz CT molecular complexity index is 1130. The number of aromatic nitrogens is 1. The minimum atomic E-state index is -4.71. The van der Waals surface area contributed by atoms with Crippen LogP contribution >= 0.6 is 0 Å². The summed E-state index contributed by atoms with van der Waals surface area (Å²) < 4.78 is 60.4. The lowest BCUT2D eigenvalue weighted by molar-refractivity contribution is -0.274. The van der Waals surface area contributed by atoms with Crippen LogP contribution in [0.5, 0.6) is 11.5 Å². The molecule has 0 atom stereocenters. The maximum Gasteiger partial charge on any atom is 0.573 e. The molecule has 33 heavy (non-hydrogen) atoms. The molecule has 1 aromatic heterocycles. The molecule has 0 spiro atoms. The minimum absolute atomic E-state index is 0.0437. The van der Waals surface area contributed by atoms with Crippen molar-refractivity contribution in [2.45, 2.75) is 19.0 Å². The molecule has 0 radical (unpaired) electrons. The first-order valence-electron chi connectivity index (χ1n) is 9.96. The summed E-state index contributed by atoms with van der Waals surface area (Å²) in [4.78, 5) is 17.5. The molecule has 1 aliphatic rings. The highest BCUT2D eigenvalue weighted by Gasteiger charge is 2.31. The van der Waals surface area contributed by atoms with E-state index < -0.39 is 18.1 Å². The molecule has 2 heterocycles. The summed E-state index contributed by atoms with van der Waals surface area (Å²) in [5.74, 6) is -1.23. The highest BCUT2D eigenvalue weighted by molar-refractivity contribution is 5.93. The first-order chi connectivity index (χ1) is 15.7. The van der Waals surface area contributed by atoms with Gasteiger partial charge in [0.1, 0.15) is 23.4 Å². The number of carbonyl (C=O) groups excluding carboxylic acids is 1. The van der Waals surface area contributed by atoms with Gasteiger partial charge in [0.2, 0.25) is 0 Å². The van der Waals surface area contributed by atoms with Gasteiger partial charge in [-0.3, -0.25) is 14.7 Å². The predicted octanol–water partition coefficient (Wildman–Crippen LogP) is 4.15. The van der Waals surface area contributed by atoms with E-state index in [2.05, 4.69) is 14.6 Å². The second-order valence-corrected chi connectivity index (χ2v) is 7.56. The number of pyridine rings is 1. The van der Waals surface area contributed by atoms with E-state index in [1.54, 1.807) is 30.3 Å². The zero-order valence-electron chi connectivity index (χ0n) is 17.2. The molecule has 1 amide bonds. The zero-order chi connectivity index (χ0) is 23.6. The van der Waals surface area contributed by atoms with Gasteiger partial charge in [-0.15, -0.1) is 13.2 Å². The van der Waals surface area contributed by atoms with E-state index in [-0.39, 0.29) is 17.4 Å². The molecule has 6 nitrogen and oxygen atoms in total. The first kappa shape index (κ1) is 22.5. The Morgan fingerprint density at radius 1 is 1.06 bits per heavy atom. The molecule has 0 unspecified atom stereocenters. The van der Waals surface area contributed by atoms with Crippen molar-refractivity contribution in [3.63, 3.8) is 0 Å². The second-order valence-electron chi connectivity index (χ2n) is 7.56. The van der Waals surface area contributed by atoms with Gasteiger partial charge in [0.15, 0.2) is 0 Å². The standard InChI is InChI=1S/C23H19F4N3O3/c24-20-9-15(3-7-19(20)22(28)31)21-8-6-17(10-29-21)32-18-12-30(13-18)11-14-1-4-16(5-2-14)33-23(25,26)27/h1-10,18H,11-13H2,(H2,28,31). The SMILES string of the molecule is NC(=O)c1ccc(-c2ccc(OC3CN(Cc4ccc(OC(F)(F)F)cc4)C3)cn2)cc1F. The van der Waals surface area contributed by atoms with Gasteiger partial charge in [0.25, 0.3) is 5.91 Å². The van der Waals surface area contributed by atoms with Crippen molar-refractivity contribution in [2.24, 2.45) is 5.73 Å². The van der Waals surface area contributed by atoms with Crippen LogP contribution < -0.4 is 15.2 Å². The van der Waals surface area contributed by atoms with Gasteiger partial charge >= 0.3 is 6.36 Å². The topological polar surface area (TPSA) is 77.7 Å². The molecule has 1 fully saturated rings. The van der Waals surface area contributed by atoms with Gasteiger partial charge in [-0.1, -0.05) is 18.2 Å². The van der Waals surface area contributed by atoms with Gasteiger partial charge in [0.05, 0.1) is 17.5 Å². The van der Waals surface area contributed by atoms with Crippen LogP contribution in [0.3, 0.4) is 0 Å². The van der Waals surface area contributed by atoms with E-state index in [1.807, 2.05) is 0 Å². The fraction of sp³-hybridized carbons (Fsp3) is 0.217. The van der Waals surface area contributed by atoms with E-state index in [0.29, 0.717) is 36.6 Å². The van der Waals surface area contributed by atoms with E-state index in [9.17, 15) is 22.4 Å². The predicted molar refractivity (Wildman–Crippen MR) is 111 cm³/mol. The zero-order valence-corrected chi connectivity index (χ0v) is 17.2. The summed E-state index contributed by atoms with van der Waals surface area (Å²) in [6.45, 7) is 1.89. The first-order valence-corrected chi connectivity index (χ1v) is 9.96. The highest BCUT2D eigenvalue weighted by atomic mass is 19.4. The minimum Gasteiger partial charge on any atom is -0.486 e. The highest BCUT2D eigenvalue weighted by Crippen LogP contribution is 2.26. The van der Waals surface area contributed by atoms with Crippen molar-refractivity contribution in [1.29, 1.82) is 0 Å². The molecular formula is C23H19F4N3O3. The van der Waals surface area contributed by atoms with Crippen LogP contribution in [0.15, 0.2) is 60.8 Å². The number of carbonyl (C=O) groups is 1. The number of primary amides is 1. The molecule has 4 rings (SSSR count). The largest absolute Gasteiger partial charge is 0.573 e. The smallest absolute Gasteiger partial charge is 0.486 e. The third-order valence-electron chi connectivity index (χ3n) is 5.06. The fourth-order valence-corrected chi connectivity index (χ4v) is 3.47. The number of nitrogens with zero attached hydrogens (tertiary/aromatic N) is 2. The van der Waals surface area contributed by atoms with Crippen LogP contribution in [-0.2, 0) is 6.54 Å². The monoisotopic (exact) mass is 461 g/mol. The van der Waals surface area contributed by atoms with Crippen LogP contribution in [0.25, 0.3) is 11.3 Å². The van der Waals surface area contributed by atoms with Gasteiger partial charge < -0.3 is 15.2 Å². The maximum atomic E-state index is 14.0. The van der Waals surface area contributed by atoms with Gasteiger partial charge in [-0.2, -0.15) is 0 Å².